The standard InChI is InChI=1S/C18H24N2O3/c1-3-4-5-8-14(2)19-18(22)16-11-10-15(23-16)13-20-12-7-6-9-17(20)21/h6-7,9-12,14H,3-5,8,13H2,1-2H3,(H,19,22). The summed E-state index contributed by atoms with van der Waals surface area (Å²) in [6.45, 7) is 4.48. The summed E-state index contributed by atoms with van der Waals surface area (Å²) in [5.74, 6) is 0.661. The van der Waals surface area contributed by atoms with E-state index in [2.05, 4.69) is 12.2 Å². The third-order valence-electron chi connectivity index (χ3n) is 3.73. The predicted molar refractivity (Wildman–Crippen MR) is 89.6 cm³/mol. The van der Waals surface area contributed by atoms with Gasteiger partial charge in [0.15, 0.2) is 5.76 Å². The van der Waals surface area contributed by atoms with Crippen LogP contribution in [-0.2, 0) is 6.54 Å². The van der Waals surface area contributed by atoms with Crippen LogP contribution in [0.15, 0.2) is 45.7 Å². The van der Waals surface area contributed by atoms with Crippen LogP contribution in [0.5, 0.6) is 0 Å². The lowest BCUT2D eigenvalue weighted by molar-refractivity contribution is 0.0908. The molecule has 0 aliphatic rings. The van der Waals surface area contributed by atoms with Gasteiger partial charge in [0, 0.05) is 18.3 Å². The molecular formula is C18H24N2O3. The fraction of sp³-hybridized carbons (Fsp3) is 0.444. The molecule has 0 radical (unpaired) electrons. The van der Waals surface area contributed by atoms with Crippen molar-refractivity contribution in [3.8, 4) is 0 Å². The van der Waals surface area contributed by atoms with Gasteiger partial charge in [-0.25, -0.2) is 0 Å². The predicted octanol–water partition coefficient (Wildman–Crippen LogP) is 3.19. The van der Waals surface area contributed by atoms with E-state index in [0.717, 1.165) is 12.8 Å². The average Bonchev–Trinajstić information content (AvgIpc) is 2.98. The summed E-state index contributed by atoms with van der Waals surface area (Å²) in [5.41, 5.74) is -0.0977. The molecule has 2 rings (SSSR count). The summed E-state index contributed by atoms with van der Waals surface area (Å²) >= 11 is 0. The fourth-order valence-corrected chi connectivity index (χ4v) is 2.41. The number of hydrogen-bond donors (Lipinski definition) is 1. The van der Waals surface area contributed by atoms with Gasteiger partial charge >= 0.3 is 0 Å². The molecule has 1 atom stereocenters. The number of nitrogens with zero attached hydrogens (tertiary/aromatic N) is 1. The summed E-state index contributed by atoms with van der Waals surface area (Å²) in [6, 6.07) is 8.48. The molecule has 0 fully saturated rings. The molecule has 23 heavy (non-hydrogen) atoms. The SMILES string of the molecule is CCCCCC(C)NC(=O)c1ccc(Cn2ccccc2=O)o1. The van der Waals surface area contributed by atoms with E-state index in [0.29, 0.717) is 12.3 Å². The number of carbonyl (C=O) groups is 1. The molecule has 2 aromatic heterocycles. The quantitative estimate of drug-likeness (QED) is 0.761. The highest BCUT2D eigenvalue weighted by Crippen LogP contribution is 2.10. The Bertz CT molecular complexity index is 687. The number of rotatable bonds is 8. The Kier molecular flexibility index (Phi) is 6.20. The van der Waals surface area contributed by atoms with Gasteiger partial charge in [0.05, 0.1) is 6.54 Å². The molecule has 124 valence electrons. The molecule has 0 bridgehead atoms. The number of aromatic nitrogens is 1. The van der Waals surface area contributed by atoms with Gasteiger partial charge in [0.2, 0.25) is 0 Å². The van der Waals surface area contributed by atoms with E-state index in [1.807, 2.05) is 6.92 Å². The maximum atomic E-state index is 12.1. The van der Waals surface area contributed by atoms with E-state index < -0.39 is 0 Å². The maximum absolute atomic E-state index is 12.1. The van der Waals surface area contributed by atoms with Crippen molar-refractivity contribution in [1.29, 1.82) is 0 Å². The number of nitrogens with one attached hydrogen (secondary N) is 1. The van der Waals surface area contributed by atoms with Crippen LogP contribution in [0, 0.1) is 0 Å². The second kappa shape index (κ2) is 8.36. The second-order valence-corrected chi connectivity index (χ2v) is 5.80. The van der Waals surface area contributed by atoms with Crippen LogP contribution in [-0.4, -0.2) is 16.5 Å². The first kappa shape index (κ1) is 17.1. The molecule has 5 heteroatoms. The third kappa shape index (κ3) is 5.13. The fourth-order valence-electron chi connectivity index (χ4n) is 2.41. The highest BCUT2D eigenvalue weighted by molar-refractivity contribution is 5.91. The van der Waals surface area contributed by atoms with Gasteiger partial charge in [0.1, 0.15) is 5.76 Å². The van der Waals surface area contributed by atoms with Gasteiger partial charge in [-0.15, -0.1) is 0 Å². The summed E-state index contributed by atoms with van der Waals surface area (Å²) in [5, 5.41) is 2.94. The average molecular weight is 316 g/mol. The molecule has 2 aromatic rings. The summed E-state index contributed by atoms with van der Waals surface area (Å²) in [6.07, 6.45) is 6.11. The number of carbonyl (C=O) groups excluding carboxylic acids is 1. The van der Waals surface area contributed by atoms with Gasteiger partial charge in [-0.05, 0) is 31.5 Å². The number of furan rings is 1. The Hall–Kier alpha value is -2.30. The van der Waals surface area contributed by atoms with Crippen LogP contribution >= 0.6 is 0 Å². The summed E-state index contributed by atoms with van der Waals surface area (Å²) < 4.78 is 7.09. The Labute approximate surface area is 136 Å². The van der Waals surface area contributed by atoms with Crippen LogP contribution in [0.2, 0.25) is 0 Å². The molecule has 0 aliphatic heterocycles. The van der Waals surface area contributed by atoms with Crippen molar-refractivity contribution in [1.82, 2.24) is 9.88 Å². The minimum Gasteiger partial charge on any atom is -0.454 e. The van der Waals surface area contributed by atoms with Crippen LogP contribution in [0.4, 0.5) is 0 Å². The molecule has 0 aromatic carbocycles. The largest absolute Gasteiger partial charge is 0.454 e. The highest BCUT2D eigenvalue weighted by Gasteiger charge is 2.14. The molecule has 0 saturated carbocycles. The first-order valence-electron chi connectivity index (χ1n) is 8.15. The van der Waals surface area contributed by atoms with Gasteiger partial charge in [-0.3, -0.25) is 9.59 Å². The van der Waals surface area contributed by atoms with E-state index in [1.165, 1.54) is 23.5 Å². The Morgan fingerprint density at radius 3 is 2.83 bits per heavy atom. The van der Waals surface area contributed by atoms with Gasteiger partial charge in [-0.1, -0.05) is 32.3 Å². The normalized spacial score (nSPS) is 12.1. The summed E-state index contributed by atoms with van der Waals surface area (Å²) in [7, 11) is 0. The molecule has 0 aliphatic carbocycles. The van der Waals surface area contributed by atoms with Crippen molar-refractivity contribution >= 4 is 5.91 Å². The van der Waals surface area contributed by atoms with E-state index in [-0.39, 0.29) is 23.3 Å². The molecular weight excluding hydrogens is 292 g/mol. The minimum absolute atomic E-state index is 0.0977. The van der Waals surface area contributed by atoms with Crippen LogP contribution < -0.4 is 10.9 Å². The molecule has 1 amide bonds. The zero-order valence-corrected chi connectivity index (χ0v) is 13.7. The van der Waals surface area contributed by atoms with Gasteiger partial charge < -0.3 is 14.3 Å². The smallest absolute Gasteiger partial charge is 0.287 e. The maximum Gasteiger partial charge on any atom is 0.287 e. The molecule has 5 nitrogen and oxygen atoms in total. The number of pyridine rings is 1. The number of hydrogen-bond acceptors (Lipinski definition) is 3. The third-order valence-corrected chi connectivity index (χ3v) is 3.73. The molecule has 0 spiro atoms. The molecule has 1 N–H and O–H groups in total. The van der Waals surface area contributed by atoms with Crippen molar-refractivity contribution in [3.05, 3.63) is 58.4 Å². The molecule has 1 unspecified atom stereocenters. The molecule has 2 heterocycles. The Morgan fingerprint density at radius 1 is 1.26 bits per heavy atom. The lowest BCUT2D eigenvalue weighted by Gasteiger charge is -2.12. The first-order chi connectivity index (χ1) is 11.1. The van der Waals surface area contributed by atoms with Gasteiger partial charge in [0.25, 0.3) is 11.5 Å². The van der Waals surface area contributed by atoms with Crippen molar-refractivity contribution < 1.29 is 9.21 Å². The lowest BCUT2D eigenvalue weighted by Crippen LogP contribution is -2.32. The van der Waals surface area contributed by atoms with Gasteiger partial charge in [-0.2, -0.15) is 0 Å². The van der Waals surface area contributed by atoms with Crippen molar-refractivity contribution in [2.45, 2.75) is 52.1 Å². The zero-order valence-electron chi connectivity index (χ0n) is 13.7. The van der Waals surface area contributed by atoms with E-state index >= 15 is 0 Å². The minimum atomic E-state index is -0.208. The lowest BCUT2D eigenvalue weighted by atomic mass is 10.1. The van der Waals surface area contributed by atoms with E-state index in [1.54, 1.807) is 30.5 Å². The Balaban J connectivity index is 1.92. The Morgan fingerprint density at radius 2 is 2.09 bits per heavy atom. The highest BCUT2D eigenvalue weighted by atomic mass is 16.4. The van der Waals surface area contributed by atoms with Crippen molar-refractivity contribution in [2.24, 2.45) is 0 Å². The van der Waals surface area contributed by atoms with Crippen LogP contribution in [0.25, 0.3) is 0 Å². The monoisotopic (exact) mass is 316 g/mol. The van der Waals surface area contributed by atoms with Crippen LogP contribution in [0.3, 0.4) is 0 Å². The molecule has 0 saturated heterocycles. The van der Waals surface area contributed by atoms with E-state index in [9.17, 15) is 9.59 Å². The van der Waals surface area contributed by atoms with Crippen molar-refractivity contribution in [2.75, 3.05) is 0 Å². The van der Waals surface area contributed by atoms with Crippen molar-refractivity contribution in [3.63, 3.8) is 0 Å². The number of unbranched alkanes of at least 4 members (excludes halogenated alkanes) is 2. The first-order valence-corrected chi connectivity index (χ1v) is 8.15. The zero-order chi connectivity index (χ0) is 16.7. The van der Waals surface area contributed by atoms with Crippen LogP contribution in [0.1, 0.15) is 55.8 Å². The number of amides is 1. The second-order valence-electron chi connectivity index (χ2n) is 5.80. The topological polar surface area (TPSA) is 64.2 Å². The van der Waals surface area contributed by atoms with E-state index in [4.69, 9.17) is 4.42 Å². The summed E-state index contributed by atoms with van der Waals surface area (Å²) in [4.78, 5) is 23.8.